The Kier molecular flexibility index (Phi) is 5.31. The molecule has 25 heavy (non-hydrogen) atoms. The summed E-state index contributed by atoms with van der Waals surface area (Å²) in [7, 11) is 0. The Bertz CT molecular complexity index is 746. The van der Waals surface area contributed by atoms with Crippen molar-refractivity contribution >= 4 is 11.6 Å². The number of nitrogens with zero attached hydrogens (tertiary/aromatic N) is 3. The van der Waals surface area contributed by atoms with Gasteiger partial charge in [0.1, 0.15) is 11.6 Å². The molecule has 1 aliphatic rings. The molecule has 0 N–H and O–H groups in total. The molecular weight excluding hydrogens is 328 g/mol. The van der Waals surface area contributed by atoms with Gasteiger partial charge in [-0.25, -0.2) is 4.98 Å². The van der Waals surface area contributed by atoms with Crippen LogP contribution in [0.1, 0.15) is 30.7 Å². The van der Waals surface area contributed by atoms with E-state index in [1.165, 1.54) is 6.07 Å². The Morgan fingerprint density at radius 2 is 2.24 bits per heavy atom. The largest absolute Gasteiger partial charge is 0.433 e. The van der Waals surface area contributed by atoms with Gasteiger partial charge in [-0.05, 0) is 37.8 Å². The van der Waals surface area contributed by atoms with Crippen molar-refractivity contribution in [2.75, 3.05) is 11.4 Å². The van der Waals surface area contributed by atoms with Crippen LogP contribution in [0.4, 0.5) is 14.5 Å². The fourth-order valence-electron chi connectivity index (χ4n) is 3.23. The van der Waals surface area contributed by atoms with Gasteiger partial charge in [0, 0.05) is 31.9 Å². The molecule has 3 rings (SSSR count). The average Bonchev–Trinajstić information content (AvgIpc) is 2.99. The summed E-state index contributed by atoms with van der Waals surface area (Å²) in [5, 5.41) is 0. The number of ether oxygens (including phenoxy) is 1. The van der Waals surface area contributed by atoms with Crippen molar-refractivity contribution in [3.8, 4) is 5.75 Å². The topological polar surface area (TPSA) is 47.4 Å². The van der Waals surface area contributed by atoms with E-state index < -0.39 is 6.61 Å². The Labute approximate surface area is 145 Å². The van der Waals surface area contributed by atoms with Crippen LogP contribution in [0.25, 0.3) is 0 Å². The third-order valence-corrected chi connectivity index (χ3v) is 4.41. The van der Waals surface area contributed by atoms with E-state index >= 15 is 0 Å². The molecule has 0 saturated carbocycles. The van der Waals surface area contributed by atoms with Gasteiger partial charge in [0.2, 0.25) is 5.91 Å². The number of hydrogen-bond acceptors (Lipinski definition) is 3. The molecule has 5 nitrogen and oxygen atoms in total. The van der Waals surface area contributed by atoms with Crippen molar-refractivity contribution in [1.29, 1.82) is 0 Å². The normalized spacial score (nSPS) is 13.8. The van der Waals surface area contributed by atoms with Crippen LogP contribution in [0.5, 0.6) is 5.75 Å². The number of rotatable bonds is 6. The number of benzene rings is 1. The molecule has 7 heteroatoms. The van der Waals surface area contributed by atoms with Crippen molar-refractivity contribution < 1.29 is 18.3 Å². The molecule has 134 valence electrons. The number of hydrogen-bond donors (Lipinski definition) is 0. The molecule has 0 unspecified atom stereocenters. The summed E-state index contributed by atoms with van der Waals surface area (Å²) in [6.07, 6.45) is 6.20. The minimum Gasteiger partial charge on any atom is -0.433 e. The standard InChI is InChI=1S/C18H21F2N3O2/c1-13-21-9-12-22(13)10-4-8-16(24)23-11-3-6-14-5-2-7-15(17(14)23)25-18(19)20/h2,5,7,9,12,18H,3-4,6,8,10-11H2,1H3. The molecule has 1 amide bonds. The van der Waals surface area contributed by atoms with Crippen molar-refractivity contribution in [3.63, 3.8) is 0 Å². The molecule has 0 fully saturated rings. The zero-order valence-electron chi connectivity index (χ0n) is 14.1. The fourth-order valence-corrected chi connectivity index (χ4v) is 3.23. The molecule has 0 atom stereocenters. The van der Waals surface area contributed by atoms with Gasteiger partial charge in [-0.2, -0.15) is 8.78 Å². The third-order valence-electron chi connectivity index (χ3n) is 4.41. The number of aryl methyl sites for hydroxylation is 3. The highest BCUT2D eigenvalue weighted by Crippen LogP contribution is 2.37. The summed E-state index contributed by atoms with van der Waals surface area (Å²) in [5.41, 5.74) is 1.38. The second-order valence-corrected chi connectivity index (χ2v) is 6.06. The van der Waals surface area contributed by atoms with E-state index in [0.29, 0.717) is 31.6 Å². The molecule has 0 saturated heterocycles. The first-order valence-corrected chi connectivity index (χ1v) is 8.41. The Morgan fingerprint density at radius 3 is 2.96 bits per heavy atom. The Hall–Kier alpha value is -2.44. The summed E-state index contributed by atoms with van der Waals surface area (Å²) in [6.45, 7) is 0.235. The maximum absolute atomic E-state index is 12.7. The van der Waals surface area contributed by atoms with E-state index in [0.717, 1.165) is 24.2 Å². The van der Waals surface area contributed by atoms with Gasteiger partial charge in [-0.15, -0.1) is 0 Å². The summed E-state index contributed by atoms with van der Waals surface area (Å²) in [4.78, 5) is 18.4. The van der Waals surface area contributed by atoms with Crippen LogP contribution in [0.15, 0.2) is 30.6 Å². The van der Waals surface area contributed by atoms with Gasteiger partial charge in [-0.1, -0.05) is 12.1 Å². The second-order valence-electron chi connectivity index (χ2n) is 6.06. The van der Waals surface area contributed by atoms with Crippen LogP contribution in [-0.4, -0.2) is 28.6 Å². The van der Waals surface area contributed by atoms with Crippen molar-refractivity contribution in [1.82, 2.24) is 9.55 Å². The number of carbonyl (C=O) groups excluding carboxylic acids is 1. The molecule has 2 aromatic rings. The zero-order chi connectivity index (χ0) is 17.8. The lowest BCUT2D eigenvalue weighted by molar-refractivity contribution is -0.119. The average molecular weight is 349 g/mol. The van der Waals surface area contributed by atoms with Crippen molar-refractivity contribution in [2.24, 2.45) is 0 Å². The lowest BCUT2D eigenvalue weighted by atomic mass is 10.0. The summed E-state index contributed by atoms with van der Waals surface area (Å²) in [5.74, 6) is 0.915. The number of aromatic nitrogens is 2. The molecular formula is C18H21F2N3O2. The number of anilines is 1. The quantitative estimate of drug-likeness (QED) is 0.801. The van der Waals surface area contributed by atoms with Crippen LogP contribution in [0.2, 0.25) is 0 Å². The highest BCUT2D eigenvalue weighted by molar-refractivity contribution is 5.96. The SMILES string of the molecule is Cc1nccn1CCCC(=O)N1CCCc2cccc(OC(F)F)c21. The first-order chi connectivity index (χ1) is 12.1. The van der Waals surface area contributed by atoms with E-state index in [4.69, 9.17) is 0 Å². The van der Waals surface area contributed by atoms with Crippen LogP contribution >= 0.6 is 0 Å². The smallest absolute Gasteiger partial charge is 0.387 e. The third kappa shape index (κ3) is 3.97. The number of carbonyl (C=O) groups is 1. The highest BCUT2D eigenvalue weighted by atomic mass is 19.3. The van der Waals surface area contributed by atoms with E-state index in [9.17, 15) is 13.6 Å². The zero-order valence-corrected chi connectivity index (χ0v) is 14.1. The summed E-state index contributed by atoms with van der Waals surface area (Å²) in [6, 6.07) is 5.04. The first-order valence-electron chi connectivity index (χ1n) is 8.41. The second kappa shape index (κ2) is 7.63. The number of alkyl halides is 2. The number of para-hydroxylation sites is 1. The molecule has 0 spiro atoms. The molecule has 0 aliphatic carbocycles. The highest BCUT2D eigenvalue weighted by Gasteiger charge is 2.26. The van der Waals surface area contributed by atoms with Crippen LogP contribution < -0.4 is 9.64 Å². The van der Waals surface area contributed by atoms with Gasteiger partial charge in [0.15, 0.2) is 0 Å². The number of halogens is 2. The van der Waals surface area contributed by atoms with Gasteiger partial charge in [0.05, 0.1) is 5.69 Å². The summed E-state index contributed by atoms with van der Waals surface area (Å²) < 4.78 is 32.0. The van der Waals surface area contributed by atoms with Crippen molar-refractivity contribution in [2.45, 2.75) is 45.8 Å². The maximum atomic E-state index is 12.7. The van der Waals surface area contributed by atoms with Crippen LogP contribution in [0, 0.1) is 6.92 Å². The molecule has 1 aromatic heterocycles. The van der Waals surface area contributed by atoms with E-state index in [1.807, 2.05) is 23.8 Å². The Balaban J connectivity index is 1.71. The fraction of sp³-hybridized carbons (Fsp3) is 0.444. The van der Waals surface area contributed by atoms with Crippen molar-refractivity contribution in [3.05, 3.63) is 42.0 Å². The van der Waals surface area contributed by atoms with E-state index in [-0.39, 0.29) is 11.7 Å². The van der Waals surface area contributed by atoms with Gasteiger partial charge >= 0.3 is 6.61 Å². The molecule has 1 aliphatic heterocycles. The first kappa shape index (κ1) is 17.4. The lowest BCUT2D eigenvalue weighted by Gasteiger charge is -2.31. The molecule has 0 radical (unpaired) electrons. The number of fused-ring (bicyclic) bond motifs is 1. The molecule has 2 heterocycles. The van der Waals surface area contributed by atoms with Gasteiger partial charge < -0.3 is 14.2 Å². The summed E-state index contributed by atoms with van der Waals surface area (Å²) >= 11 is 0. The van der Waals surface area contributed by atoms with Crippen LogP contribution in [-0.2, 0) is 17.8 Å². The molecule has 0 bridgehead atoms. The monoisotopic (exact) mass is 349 g/mol. The van der Waals surface area contributed by atoms with Crippen LogP contribution in [0.3, 0.4) is 0 Å². The number of imidazole rings is 1. The predicted octanol–water partition coefficient (Wildman–Crippen LogP) is 3.55. The van der Waals surface area contributed by atoms with Gasteiger partial charge in [-0.3, -0.25) is 4.79 Å². The van der Waals surface area contributed by atoms with E-state index in [2.05, 4.69) is 9.72 Å². The number of amides is 1. The van der Waals surface area contributed by atoms with E-state index in [1.54, 1.807) is 17.2 Å². The lowest BCUT2D eigenvalue weighted by Crippen LogP contribution is -2.36. The molecule has 1 aromatic carbocycles. The minimum absolute atomic E-state index is 0.0657. The predicted molar refractivity (Wildman–Crippen MR) is 89.9 cm³/mol. The Morgan fingerprint density at radius 1 is 1.40 bits per heavy atom. The minimum atomic E-state index is -2.91. The van der Waals surface area contributed by atoms with Gasteiger partial charge in [0.25, 0.3) is 0 Å². The maximum Gasteiger partial charge on any atom is 0.387 e.